The van der Waals surface area contributed by atoms with Crippen LogP contribution in [0.25, 0.3) is 10.9 Å². The smallest absolute Gasteiger partial charge is 0.340 e. The van der Waals surface area contributed by atoms with Gasteiger partial charge in [0.05, 0.1) is 22.2 Å². The van der Waals surface area contributed by atoms with Gasteiger partial charge in [0.15, 0.2) is 0 Å². The molecule has 1 aliphatic rings. The molecule has 6 nitrogen and oxygen atoms in total. The van der Waals surface area contributed by atoms with Crippen LogP contribution in [0.5, 0.6) is 5.75 Å². The van der Waals surface area contributed by atoms with Crippen molar-refractivity contribution in [3.8, 4) is 5.75 Å². The summed E-state index contributed by atoms with van der Waals surface area (Å²) in [5, 5.41) is 11.2. The number of esters is 1. The molecular weight excluding hydrogens is 530 g/mol. The summed E-state index contributed by atoms with van der Waals surface area (Å²) in [6.07, 6.45) is 0. The third-order valence-corrected chi connectivity index (χ3v) is 7.74. The molecule has 1 aromatic heterocycles. The molecule has 1 saturated heterocycles. The topological polar surface area (TPSA) is 57.9 Å². The van der Waals surface area contributed by atoms with Crippen LogP contribution in [0.15, 0.2) is 71.2 Å². The van der Waals surface area contributed by atoms with Crippen LogP contribution in [0.3, 0.4) is 0 Å². The van der Waals surface area contributed by atoms with Crippen LogP contribution in [-0.2, 0) is 17.8 Å². The predicted octanol–water partition coefficient (Wildman–Crippen LogP) is 5.97. The van der Waals surface area contributed by atoms with E-state index in [0.29, 0.717) is 35.1 Å². The van der Waals surface area contributed by atoms with Gasteiger partial charge in [-0.1, -0.05) is 48.5 Å². The summed E-state index contributed by atoms with van der Waals surface area (Å²) in [7, 11) is 0. The fourth-order valence-electron chi connectivity index (χ4n) is 5.23. The van der Waals surface area contributed by atoms with Crippen LogP contribution in [0.4, 0.5) is 5.69 Å². The van der Waals surface area contributed by atoms with Crippen LogP contribution in [0.2, 0.25) is 0 Å². The van der Waals surface area contributed by atoms with E-state index in [0.717, 1.165) is 43.0 Å². The lowest BCUT2D eigenvalue weighted by molar-refractivity contribution is 0.0525. The second-order valence-corrected chi connectivity index (χ2v) is 10.3. The Kier molecular flexibility index (Phi) is 7.53. The molecule has 5 rings (SSSR count). The molecule has 4 aromatic rings. The molecule has 1 N–H and O–H groups in total. The predicted molar refractivity (Wildman–Crippen MR) is 151 cm³/mol. The van der Waals surface area contributed by atoms with Gasteiger partial charge in [-0.05, 0) is 59.1 Å². The first-order valence-electron chi connectivity index (χ1n) is 12.7. The van der Waals surface area contributed by atoms with Crippen molar-refractivity contribution < 1.29 is 14.6 Å². The quantitative estimate of drug-likeness (QED) is 0.282. The molecule has 1 aliphatic heterocycles. The minimum atomic E-state index is -0.352. The van der Waals surface area contributed by atoms with Crippen molar-refractivity contribution in [2.45, 2.75) is 26.9 Å². The highest BCUT2D eigenvalue weighted by molar-refractivity contribution is 9.10. The van der Waals surface area contributed by atoms with E-state index in [1.54, 1.807) is 6.07 Å². The first-order chi connectivity index (χ1) is 18.0. The number of piperazine rings is 1. The van der Waals surface area contributed by atoms with Crippen LogP contribution < -0.4 is 4.90 Å². The van der Waals surface area contributed by atoms with Gasteiger partial charge in [-0.2, -0.15) is 0 Å². The molecule has 3 aromatic carbocycles. The maximum absolute atomic E-state index is 13.3. The minimum Gasteiger partial charge on any atom is -0.507 e. The van der Waals surface area contributed by atoms with E-state index in [2.05, 4.69) is 73.6 Å². The third-order valence-electron chi connectivity index (χ3n) is 7.10. The van der Waals surface area contributed by atoms with E-state index in [1.165, 1.54) is 11.3 Å². The zero-order valence-corrected chi connectivity index (χ0v) is 22.9. The lowest BCUT2D eigenvalue weighted by Gasteiger charge is -2.37. The van der Waals surface area contributed by atoms with Crippen LogP contribution >= 0.6 is 15.9 Å². The molecule has 2 heterocycles. The second-order valence-electron chi connectivity index (χ2n) is 9.48. The van der Waals surface area contributed by atoms with E-state index >= 15 is 0 Å². The second kappa shape index (κ2) is 11.0. The maximum Gasteiger partial charge on any atom is 0.340 e. The van der Waals surface area contributed by atoms with Gasteiger partial charge in [0, 0.05) is 56.0 Å². The number of ether oxygens (including phenoxy) is 1. The van der Waals surface area contributed by atoms with Crippen molar-refractivity contribution in [1.29, 1.82) is 0 Å². The number of nitrogens with zero attached hydrogens (tertiary/aromatic N) is 3. The number of hydrogen-bond acceptors (Lipinski definition) is 5. The Morgan fingerprint density at radius 3 is 2.38 bits per heavy atom. The van der Waals surface area contributed by atoms with Crippen LogP contribution in [0, 0.1) is 6.92 Å². The number of anilines is 1. The van der Waals surface area contributed by atoms with Gasteiger partial charge in [-0.25, -0.2) is 4.79 Å². The number of aromatic nitrogens is 1. The van der Waals surface area contributed by atoms with Gasteiger partial charge in [0.1, 0.15) is 5.75 Å². The van der Waals surface area contributed by atoms with Crippen molar-refractivity contribution in [1.82, 2.24) is 9.47 Å². The van der Waals surface area contributed by atoms with Crippen LogP contribution in [0.1, 0.15) is 34.1 Å². The van der Waals surface area contributed by atoms with Gasteiger partial charge in [0.2, 0.25) is 0 Å². The molecule has 0 unspecified atom stereocenters. The lowest BCUT2D eigenvalue weighted by atomic mass is 10.1. The lowest BCUT2D eigenvalue weighted by Crippen LogP contribution is -2.46. The van der Waals surface area contributed by atoms with E-state index in [-0.39, 0.29) is 11.7 Å². The van der Waals surface area contributed by atoms with Gasteiger partial charge in [0.25, 0.3) is 0 Å². The molecule has 0 aliphatic carbocycles. The number of para-hydroxylation sites is 1. The first-order valence-corrected chi connectivity index (χ1v) is 13.5. The van der Waals surface area contributed by atoms with Crippen molar-refractivity contribution in [2.75, 3.05) is 37.7 Å². The molecule has 0 bridgehead atoms. The number of carbonyl (C=O) groups excluding carboxylic acids is 1. The van der Waals surface area contributed by atoms with Crippen molar-refractivity contribution in [2.24, 2.45) is 0 Å². The molecule has 37 heavy (non-hydrogen) atoms. The Labute approximate surface area is 226 Å². The van der Waals surface area contributed by atoms with Gasteiger partial charge in [-0.15, -0.1) is 0 Å². The number of phenols is 1. The molecule has 0 atom stereocenters. The summed E-state index contributed by atoms with van der Waals surface area (Å²) in [5.74, 6) is -0.247. The summed E-state index contributed by atoms with van der Waals surface area (Å²) in [5.41, 5.74) is 6.06. The SMILES string of the molecule is CCOC(=O)c1c(CN2CCN(c3ccccc3C)CC2)n(Cc2ccccc2)c2cc(Br)c(O)cc12. The average Bonchev–Trinajstić information content (AvgIpc) is 3.17. The molecule has 7 heteroatoms. The Hall–Kier alpha value is -3.29. The fraction of sp³-hybridized carbons (Fsp3) is 0.300. The van der Waals surface area contributed by atoms with Crippen LogP contribution in [-0.4, -0.2) is 53.3 Å². The summed E-state index contributed by atoms with van der Waals surface area (Å²) in [4.78, 5) is 18.1. The monoisotopic (exact) mass is 561 g/mol. The van der Waals surface area contributed by atoms with E-state index in [1.807, 2.05) is 31.2 Å². The number of halogens is 1. The number of aromatic hydroxyl groups is 1. The fourth-order valence-corrected chi connectivity index (χ4v) is 5.56. The number of fused-ring (bicyclic) bond motifs is 1. The standard InChI is InChI=1S/C30H32BrN3O3/c1-3-37-30(36)29-23-17-28(35)24(31)18-26(23)34(19-22-10-5-4-6-11-22)27(29)20-32-13-15-33(16-14-32)25-12-8-7-9-21(25)2/h4-12,17-18,35H,3,13-16,19-20H2,1-2H3. The Morgan fingerprint density at radius 1 is 0.973 bits per heavy atom. The van der Waals surface area contributed by atoms with E-state index < -0.39 is 0 Å². The molecule has 0 amide bonds. The number of aryl methyl sites for hydroxylation is 1. The highest BCUT2D eigenvalue weighted by atomic mass is 79.9. The minimum absolute atomic E-state index is 0.105. The zero-order chi connectivity index (χ0) is 25.9. The largest absolute Gasteiger partial charge is 0.507 e. The summed E-state index contributed by atoms with van der Waals surface area (Å²) < 4.78 is 8.32. The summed E-state index contributed by atoms with van der Waals surface area (Å²) in [6.45, 7) is 9.12. The third kappa shape index (κ3) is 5.24. The van der Waals surface area contributed by atoms with Gasteiger partial charge >= 0.3 is 5.97 Å². The molecule has 0 saturated carbocycles. The molecule has 1 fully saturated rings. The molecule has 0 spiro atoms. The number of hydrogen-bond donors (Lipinski definition) is 1. The summed E-state index contributed by atoms with van der Waals surface area (Å²) >= 11 is 3.48. The maximum atomic E-state index is 13.3. The molecule has 192 valence electrons. The summed E-state index contributed by atoms with van der Waals surface area (Å²) in [6, 6.07) is 22.3. The highest BCUT2D eigenvalue weighted by Gasteiger charge is 2.28. The Morgan fingerprint density at radius 2 is 1.68 bits per heavy atom. The number of benzene rings is 3. The molecular formula is C30H32BrN3O3. The average molecular weight is 563 g/mol. The number of carbonyl (C=O) groups is 1. The van der Waals surface area contributed by atoms with Gasteiger partial charge in [-0.3, -0.25) is 4.90 Å². The Bertz CT molecular complexity index is 1410. The van der Waals surface area contributed by atoms with Crippen molar-refractivity contribution >= 4 is 38.5 Å². The zero-order valence-electron chi connectivity index (χ0n) is 21.3. The van der Waals surface area contributed by atoms with Crippen molar-refractivity contribution in [3.05, 3.63) is 93.6 Å². The number of rotatable bonds is 7. The van der Waals surface area contributed by atoms with Gasteiger partial charge < -0.3 is 19.3 Å². The normalized spacial score (nSPS) is 14.3. The van der Waals surface area contributed by atoms with Crippen molar-refractivity contribution in [3.63, 3.8) is 0 Å². The Balaban J connectivity index is 1.53. The van der Waals surface area contributed by atoms with E-state index in [9.17, 15) is 9.90 Å². The number of phenolic OH excluding ortho intramolecular Hbond substituents is 1. The first kappa shape index (κ1) is 25.4. The van der Waals surface area contributed by atoms with E-state index in [4.69, 9.17) is 4.74 Å². The highest BCUT2D eigenvalue weighted by Crippen LogP contribution is 2.36. The molecule has 0 radical (unpaired) electrons.